The van der Waals surface area contributed by atoms with Crippen LogP contribution in [0.2, 0.25) is 0 Å². The fourth-order valence-corrected chi connectivity index (χ4v) is 5.68. The molecule has 17 heavy (non-hydrogen) atoms. The predicted molar refractivity (Wildman–Crippen MR) is 71.4 cm³/mol. The largest absolute Gasteiger partial charge is 0.299 e. The average molecular weight is 256 g/mol. The van der Waals surface area contributed by atoms with Crippen molar-refractivity contribution in [1.82, 2.24) is 0 Å². The van der Waals surface area contributed by atoms with Gasteiger partial charge in [0.2, 0.25) is 0 Å². The van der Waals surface area contributed by atoms with Crippen LogP contribution < -0.4 is 0 Å². The highest BCUT2D eigenvalue weighted by atomic mass is 32.2. The summed E-state index contributed by atoms with van der Waals surface area (Å²) < 4.78 is 12.1. The maximum Gasteiger partial charge on any atom is 0.139 e. The first-order valence-corrected chi connectivity index (χ1v) is 8.38. The summed E-state index contributed by atoms with van der Waals surface area (Å²) in [4.78, 5) is 12.4. The first-order chi connectivity index (χ1) is 8.17. The highest BCUT2D eigenvalue weighted by Gasteiger charge is 2.41. The van der Waals surface area contributed by atoms with E-state index in [9.17, 15) is 9.00 Å². The first kappa shape index (κ1) is 13.3. The predicted octanol–water partition coefficient (Wildman–Crippen LogP) is 3.07. The molecular weight excluding hydrogens is 232 g/mol. The van der Waals surface area contributed by atoms with E-state index in [2.05, 4.69) is 13.8 Å². The van der Waals surface area contributed by atoms with E-state index in [1.807, 2.05) is 0 Å². The van der Waals surface area contributed by atoms with Gasteiger partial charge in [-0.15, -0.1) is 0 Å². The average Bonchev–Trinajstić information content (AvgIpc) is 2.30. The molecule has 2 aliphatic rings. The Balaban J connectivity index is 2.04. The van der Waals surface area contributed by atoms with Gasteiger partial charge in [-0.3, -0.25) is 9.00 Å². The van der Waals surface area contributed by atoms with E-state index >= 15 is 0 Å². The molecule has 2 atom stereocenters. The second-order valence-corrected chi connectivity index (χ2v) is 7.58. The molecule has 0 aromatic rings. The molecule has 0 radical (unpaired) electrons. The molecule has 2 rings (SSSR count). The number of fused-ring (bicyclic) bond motifs is 2. The Bertz CT molecular complexity index is 293. The number of ketones is 1. The van der Waals surface area contributed by atoms with Crippen LogP contribution in [-0.4, -0.2) is 20.5 Å². The lowest BCUT2D eigenvalue weighted by Gasteiger charge is -2.38. The van der Waals surface area contributed by atoms with Gasteiger partial charge in [-0.2, -0.15) is 0 Å². The monoisotopic (exact) mass is 256 g/mol. The van der Waals surface area contributed by atoms with Crippen LogP contribution in [0.4, 0.5) is 0 Å². The Morgan fingerprint density at radius 2 is 1.71 bits per heavy atom. The molecule has 98 valence electrons. The van der Waals surface area contributed by atoms with Crippen LogP contribution in [0, 0.1) is 11.8 Å². The molecule has 0 saturated carbocycles. The van der Waals surface area contributed by atoms with Crippen LogP contribution >= 0.6 is 0 Å². The van der Waals surface area contributed by atoms with Crippen LogP contribution in [0.25, 0.3) is 0 Å². The zero-order chi connectivity index (χ0) is 12.4. The van der Waals surface area contributed by atoms with Crippen molar-refractivity contribution in [3.63, 3.8) is 0 Å². The van der Waals surface area contributed by atoms with Crippen molar-refractivity contribution in [2.45, 2.75) is 69.3 Å². The van der Waals surface area contributed by atoms with E-state index in [-0.39, 0.29) is 11.8 Å². The lowest BCUT2D eigenvalue weighted by Crippen LogP contribution is -2.42. The van der Waals surface area contributed by atoms with Gasteiger partial charge in [0, 0.05) is 33.1 Å². The van der Waals surface area contributed by atoms with Crippen LogP contribution in [0.1, 0.15) is 58.8 Å². The van der Waals surface area contributed by atoms with Gasteiger partial charge in [-0.25, -0.2) is 0 Å². The molecule has 2 fully saturated rings. The molecule has 2 nitrogen and oxygen atoms in total. The molecule has 0 aromatic heterocycles. The van der Waals surface area contributed by atoms with Crippen LogP contribution in [-0.2, 0) is 15.6 Å². The summed E-state index contributed by atoms with van der Waals surface area (Å²) in [5, 5.41) is 0.650. The fourth-order valence-electron chi connectivity index (χ4n) is 3.49. The highest BCUT2D eigenvalue weighted by molar-refractivity contribution is 7.86. The summed E-state index contributed by atoms with van der Waals surface area (Å²) in [7, 11) is -0.643. The topological polar surface area (TPSA) is 34.1 Å². The van der Waals surface area contributed by atoms with Gasteiger partial charge in [-0.05, 0) is 38.5 Å². The van der Waals surface area contributed by atoms with Gasteiger partial charge in [-0.1, -0.05) is 20.3 Å². The third-order valence-electron chi connectivity index (χ3n) is 4.59. The second-order valence-electron chi connectivity index (χ2n) is 5.59. The van der Waals surface area contributed by atoms with E-state index in [4.69, 9.17) is 0 Å². The minimum atomic E-state index is -0.643. The second kappa shape index (κ2) is 5.64. The standard InChI is InChI=1S/C14H24O2S/c1-3-10(4-2)14(15)11-8-12-6-5-7-13(9-11)17(12)16/h10-13H,3-9H2,1-2H3. The number of hydrogen-bond acceptors (Lipinski definition) is 2. The number of hydrogen-bond donors (Lipinski definition) is 0. The van der Waals surface area contributed by atoms with E-state index < -0.39 is 10.8 Å². The molecule has 2 aliphatic heterocycles. The molecule has 2 unspecified atom stereocenters. The SMILES string of the molecule is CCC(CC)C(=O)C1CC2CCCC(C1)S2=O. The Kier molecular flexibility index (Phi) is 4.40. The quantitative estimate of drug-likeness (QED) is 0.774. The van der Waals surface area contributed by atoms with Crippen molar-refractivity contribution in [3.8, 4) is 0 Å². The summed E-state index contributed by atoms with van der Waals surface area (Å²) in [6.45, 7) is 4.21. The first-order valence-electron chi connectivity index (χ1n) is 7.10. The molecule has 0 aromatic carbocycles. The van der Waals surface area contributed by atoms with E-state index in [0.29, 0.717) is 16.3 Å². The van der Waals surface area contributed by atoms with Crippen LogP contribution in [0.15, 0.2) is 0 Å². The maximum absolute atomic E-state index is 12.4. The molecular formula is C14H24O2S. The minimum absolute atomic E-state index is 0.216. The molecule has 0 aliphatic carbocycles. The third-order valence-corrected chi connectivity index (χ3v) is 6.76. The zero-order valence-corrected chi connectivity index (χ0v) is 11.8. The normalized spacial score (nSPS) is 37.1. The minimum Gasteiger partial charge on any atom is -0.299 e. The highest BCUT2D eigenvalue weighted by Crippen LogP contribution is 2.38. The fraction of sp³-hybridized carbons (Fsp3) is 0.929. The van der Waals surface area contributed by atoms with E-state index in [1.54, 1.807) is 0 Å². The molecule has 0 spiro atoms. The van der Waals surface area contributed by atoms with Gasteiger partial charge >= 0.3 is 0 Å². The lowest BCUT2D eigenvalue weighted by atomic mass is 9.81. The van der Waals surface area contributed by atoms with Crippen LogP contribution in [0.3, 0.4) is 0 Å². The number of carbonyl (C=O) groups is 1. The molecule has 0 N–H and O–H groups in total. The summed E-state index contributed by atoms with van der Waals surface area (Å²) >= 11 is 0. The van der Waals surface area contributed by atoms with Crippen molar-refractivity contribution in [2.75, 3.05) is 0 Å². The maximum atomic E-state index is 12.4. The van der Waals surface area contributed by atoms with Crippen molar-refractivity contribution >= 4 is 16.6 Å². The summed E-state index contributed by atoms with van der Waals surface area (Å²) in [6, 6.07) is 0. The molecule has 0 amide bonds. The van der Waals surface area contributed by atoms with Gasteiger partial charge in [0.05, 0.1) is 0 Å². The summed E-state index contributed by atoms with van der Waals surface area (Å²) in [5.74, 6) is 0.920. The smallest absolute Gasteiger partial charge is 0.139 e. The number of rotatable bonds is 4. The van der Waals surface area contributed by atoms with Gasteiger partial charge in [0.25, 0.3) is 0 Å². The van der Waals surface area contributed by atoms with Crippen molar-refractivity contribution in [1.29, 1.82) is 0 Å². The summed E-state index contributed by atoms with van der Waals surface area (Å²) in [6.07, 6.45) is 7.10. The third kappa shape index (κ3) is 2.64. The lowest BCUT2D eigenvalue weighted by molar-refractivity contribution is -0.127. The Morgan fingerprint density at radius 3 is 2.18 bits per heavy atom. The molecule has 2 saturated heterocycles. The number of Topliss-reactive ketones (excluding diaryl/α,β-unsaturated/α-hetero) is 1. The molecule has 2 heterocycles. The van der Waals surface area contributed by atoms with E-state index in [1.165, 1.54) is 6.42 Å². The van der Waals surface area contributed by atoms with Crippen LogP contribution in [0.5, 0.6) is 0 Å². The van der Waals surface area contributed by atoms with Crippen molar-refractivity contribution < 1.29 is 9.00 Å². The Morgan fingerprint density at radius 1 is 1.18 bits per heavy atom. The van der Waals surface area contributed by atoms with Gasteiger partial charge in [0.15, 0.2) is 0 Å². The summed E-state index contributed by atoms with van der Waals surface area (Å²) in [5.41, 5.74) is 0. The van der Waals surface area contributed by atoms with Crippen molar-refractivity contribution in [2.24, 2.45) is 11.8 Å². The Hall–Kier alpha value is -0.180. The number of carbonyl (C=O) groups excluding carboxylic acids is 1. The molecule has 3 heteroatoms. The van der Waals surface area contributed by atoms with E-state index in [0.717, 1.165) is 38.5 Å². The Labute approximate surface area is 107 Å². The van der Waals surface area contributed by atoms with Gasteiger partial charge in [0.1, 0.15) is 5.78 Å². The van der Waals surface area contributed by atoms with Crippen molar-refractivity contribution in [3.05, 3.63) is 0 Å². The van der Waals surface area contributed by atoms with Gasteiger partial charge < -0.3 is 0 Å². The molecule has 2 bridgehead atoms. The zero-order valence-electron chi connectivity index (χ0n) is 11.0.